The molecule has 1 aromatic rings. The van der Waals surface area contributed by atoms with Crippen LogP contribution < -0.4 is 0 Å². The number of carbonyl (C=O) groups is 1. The molecule has 0 heterocycles. The van der Waals surface area contributed by atoms with Crippen LogP contribution in [0.5, 0.6) is 0 Å². The standard InChI is InChI=1S/C15H19F3O2/c1-3-12-5-7-13(8-6-12)14(19)11(2)20-10-4-9-15(16,17)18/h5-8,11H,3-4,9-10H2,1-2H3. The molecule has 1 aromatic carbocycles. The molecule has 0 saturated carbocycles. The Kier molecular flexibility index (Phi) is 6.20. The topological polar surface area (TPSA) is 26.3 Å². The van der Waals surface area contributed by atoms with Gasteiger partial charge in [-0.05, 0) is 25.3 Å². The highest BCUT2D eigenvalue weighted by molar-refractivity contribution is 5.99. The van der Waals surface area contributed by atoms with Crippen LogP contribution in [0.2, 0.25) is 0 Å². The van der Waals surface area contributed by atoms with Crippen LogP contribution in [0.15, 0.2) is 24.3 Å². The van der Waals surface area contributed by atoms with E-state index in [0.717, 1.165) is 12.0 Å². The average molecular weight is 288 g/mol. The molecule has 5 heteroatoms. The summed E-state index contributed by atoms with van der Waals surface area (Å²) in [6.07, 6.45) is -5.03. The van der Waals surface area contributed by atoms with Crippen molar-refractivity contribution in [2.24, 2.45) is 0 Å². The quantitative estimate of drug-likeness (QED) is 0.556. The highest BCUT2D eigenvalue weighted by Gasteiger charge is 2.26. The molecule has 0 aliphatic rings. The molecule has 1 rings (SSSR count). The van der Waals surface area contributed by atoms with Gasteiger partial charge >= 0.3 is 6.18 Å². The summed E-state index contributed by atoms with van der Waals surface area (Å²) in [5.74, 6) is -0.209. The molecule has 0 aliphatic carbocycles. The van der Waals surface area contributed by atoms with Gasteiger partial charge in [-0.1, -0.05) is 31.2 Å². The van der Waals surface area contributed by atoms with E-state index in [4.69, 9.17) is 4.74 Å². The number of hydrogen-bond acceptors (Lipinski definition) is 2. The predicted molar refractivity (Wildman–Crippen MR) is 70.9 cm³/mol. The third kappa shape index (κ3) is 5.74. The molecule has 0 spiro atoms. The highest BCUT2D eigenvalue weighted by atomic mass is 19.4. The summed E-state index contributed by atoms with van der Waals surface area (Å²) < 4.78 is 41.0. The molecular weight excluding hydrogens is 269 g/mol. The van der Waals surface area contributed by atoms with Crippen molar-refractivity contribution in [2.75, 3.05) is 6.61 Å². The lowest BCUT2D eigenvalue weighted by Gasteiger charge is -2.13. The Morgan fingerprint density at radius 3 is 2.35 bits per heavy atom. The van der Waals surface area contributed by atoms with Crippen molar-refractivity contribution in [2.45, 2.75) is 45.4 Å². The summed E-state index contributed by atoms with van der Waals surface area (Å²) in [7, 11) is 0. The molecule has 1 atom stereocenters. The van der Waals surface area contributed by atoms with Gasteiger partial charge in [0.15, 0.2) is 5.78 Å². The van der Waals surface area contributed by atoms with Gasteiger partial charge in [0, 0.05) is 18.6 Å². The minimum Gasteiger partial charge on any atom is -0.370 e. The molecule has 112 valence electrons. The van der Waals surface area contributed by atoms with E-state index in [1.165, 1.54) is 0 Å². The van der Waals surface area contributed by atoms with Gasteiger partial charge < -0.3 is 4.74 Å². The maximum absolute atomic E-state index is 12.0. The number of ketones is 1. The number of alkyl halides is 3. The lowest BCUT2D eigenvalue weighted by molar-refractivity contribution is -0.138. The molecule has 1 unspecified atom stereocenters. The van der Waals surface area contributed by atoms with Crippen LogP contribution in [0.1, 0.15) is 42.6 Å². The van der Waals surface area contributed by atoms with Crippen LogP contribution in [0, 0.1) is 0 Å². The first kappa shape index (κ1) is 16.7. The van der Waals surface area contributed by atoms with Gasteiger partial charge in [-0.25, -0.2) is 0 Å². The number of halogens is 3. The van der Waals surface area contributed by atoms with Crippen LogP contribution in [-0.2, 0) is 11.2 Å². The van der Waals surface area contributed by atoms with Crippen LogP contribution in [0.25, 0.3) is 0 Å². The third-order valence-corrected chi connectivity index (χ3v) is 2.99. The van der Waals surface area contributed by atoms with Gasteiger partial charge in [0.2, 0.25) is 0 Å². The van der Waals surface area contributed by atoms with E-state index < -0.39 is 18.7 Å². The van der Waals surface area contributed by atoms with Crippen molar-refractivity contribution in [1.29, 1.82) is 0 Å². The van der Waals surface area contributed by atoms with E-state index in [9.17, 15) is 18.0 Å². The number of aryl methyl sites for hydroxylation is 1. The number of ether oxygens (including phenoxy) is 1. The van der Waals surface area contributed by atoms with E-state index in [1.807, 2.05) is 19.1 Å². The van der Waals surface area contributed by atoms with Gasteiger partial charge in [0.05, 0.1) is 0 Å². The van der Waals surface area contributed by atoms with Crippen molar-refractivity contribution in [3.8, 4) is 0 Å². The van der Waals surface area contributed by atoms with Crippen molar-refractivity contribution in [3.05, 3.63) is 35.4 Å². The van der Waals surface area contributed by atoms with Gasteiger partial charge in [-0.3, -0.25) is 4.79 Å². The molecule has 0 N–H and O–H groups in total. The predicted octanol–water partition coefficient (Wildman–Crippen LogP) is 4.18. The highest BCUT2D eigenvalue weighted by Crippen LogP contribution is 2.21. The zero-order valence-corrected chi connectivity index (χ0v) is 11.7. The Balaban J connectivity index is 2.42. The SMILES string of the molecule is CCc1ccc(C(=O)C(C)OCCCC(F)(F)F)cc1. The fourth-order valence-electron chi connectivity index (χ4n) is 1.75. The van der Waals surface area contributed by atoms with Crippen molar-refractivity contribution < 1.29 is 22.7 Å². The van der Waals surface area contributed by atoms with E-state index in [-0.39, 0.29) is 18.8 Å². The van der Waals surface area contributed by atoms with Gasteiger partial charge in [-0.15, -0.1) is 0 Å². The molecule has 20 heavy (non-hydrogen) atoms. The Morgan fingerprint density at radius 2 is 1.85 bits per heavy atom. The monoisotopic (exact) mass is 288 g/mol. The lowest BCUT2D eigenvalue weighted by atomic mass is 10.0. The molecule has 0 bridgehead atoms. The first-order valence-electron chi connectivity index (χ1n) is 6.65. The van der Waals surface area contributed by atoms with Crippen molar-refractivity contribution in [3.63, 3.8) is 0 Å². The van der Waals surface area contributed by atoms with Crippen molar-refractivity contribution in [1.82, 2.24) is 0 Å². The fourth-order valence-corrected chi connectivity index (χ4v) is 1.75. The van der Waals surface area contributed by atoms with E-state index in [2.05, 4.69) is 0 Å². The summed E-state index contributed by atoms with van der Waals surface area (Å²) in [4.78, 5) is 12.0. The maximum Gasteiger partial charge on any atom is 0.389 e. The molecule has 0 aliphatic heterocycles. The zero-order chi connectivity index (χ0) is 15.2. The number of carbonyl (C=O) groups excluding carboxylic acids is 1. The normalized spacial score (nSPS) is 13.2. The minimum absolute atomic E-state index is 0.0700. The second-order valence-corrected chi connectivity index (χ2v) is 4.65. The number of hydrogen-bond donors (Lipinski definition) is 0. The van der Waals surface area contributed by atoms with Gasteiger partial charge in [0.25, 0.3) is 0 Å². The molecule has 0 aromatic heterocycles. The summed E-state index contributed by atoms with van der Waals surface area (Å²) >= 11 is 0. The maximum atomic E-state index is 12.0. The summed E-state index contributed by atoms with van der Waals surface area (Å²) in [6.45, 7) is 3.51. The average Bonchev–Trinajstić information content (AvgIpc) is 2.41. The number of Topliss-reactive ketones (excluding diaryl/α,β-unsaturated/α-hetero) is 1. The third-order valence-electron chi connectivity index (χ3n) is 2.99. The first-order valence-corrected chi connectivity index (χ1v) is 6.65. The van der Waals surface area contributed by atoms with Crippen LogP contribution in [0.3, 0.4) is 0 Å². The second-order valence-electron chi connectivity index (χ2n) is 4.65. The molecule has 0 saturated heterocycles. The Morgan fingerprint density at radius 1 is 1.25 bits per heavy atom. The Bertz CT molecular complexity index is 424. The van der Waals surface area contributed by atoms with E-state index in [0.29, 0.717) is 5.56 Å². The minimum atomic E-state index is -4.17. The summed E-state index contributed by atoms with van der Waals surface area (Å²) in [5, 5.41) is 0. The molecule has 0 amide bonds. The first-order chi connectivity index (χ1) is 9.33. The Labute approximate surface area is 116 Å². The lowest BCUT2D eigenvalue weighted by Crippen LogP contribution is -2.22. The van der Waals surface area contributed by atoms with Crippen LogP contribution >= 0.6 is 0 Å². The van der Waals surface area contributed by atoms with E-state index in [1.54, 1.807) is 19.1 Å². The van der Waals surface area contributed by atoms with Crippen LogP contribution in [-0.4, -0.2) is 24.7 Å². The number of rotatable bonds is 7. The van der Waals surface area contributed by atoms with Gasteiger partial charge in [0.1, 0.15) is 6.10 Å². The second kappa shape index (κ2) is 7.43. The van der Waals surface area contributed by atoms with Crippen LogP contribution in [0.4, 0.5) is 13.2 Å². The molecule has 0 radical (unpaired) electrons. The van der Waals surface area contributed by atoms with E-state index >= 15 is 0 Å². The largest absolute Gasteiger partial charge is 0.389 e. The van der Waals surface area contributed by atoms with Crippen molar-refractivity contribution >= 4 is 5.78 Å². The van der Waals surface area contributed by atoms with Gasteiger partial charge in [-0.2, -0.15) is 13.2 Å². The zero-order valence-electron chi connectivity index (χ0n) is 11.7. The fraction of sp³-hybridized carbons (Fsp3) is 0.533. The summed E-state index contributed by atoms with van der Waals surface area (Å²) in [6, 6.07) is 7.17. The number of benzene rings is 1. The summed E-state index contributed by atoms with van der Waals surface area (Å²) in [5.41, 5.74) is 1.64. The molecule has 0 fully saturated rings. The molecular formula is C15H19F3O2. The Hall–Kier alpha value is -1.36. The smallest absolute Gasteiger partial charge is 0.370 e. The molecule has 2 nitrogen and oxygen atoms in total.